The zero-order chi connectivity index (χ0) is 11.3. The molecule has 15 heavy (non-hydrogen) atoms. The first-order valence-corrected chi connectivity index (χ1v) is 4.70. The van der Waals surface area contributed by atoms with Crippen molar-refractivity contribution >= 4 is 5.69 Å². The first-order chi connectivity index (χ1) is 7.13. The molecule has 0 aliphatic heterocycles. The number of anilines is 1. The van der Waals surface area contributed by atoms with Crippen molar-refractivity contribution in [3.05, 3.63) is 23.8 Å². The SMILES string of the molecule is CN(C)CCOc1ccc(C#N)cc1N. The quantitative estimate of drug-likeness (QED) is 0.747. The van der Waals surface area contributed by atoms with Crippen molar-refractivity contribution in [3.8, 4) is 11.8 Å². The summed E-state index contributed by atoms with van der Waals surface area (Å²) in [4.78, 5) is 2.03. The Bertz CT molecular complexity index is 369. The molecule has 0 atom stereocenters. The lowest BCUT2D eigenvalue weighted by molar-refractivity contribution is 0.262. The van der Waals surface area contributed by atoms with Crippen molar-refractivity contribution in [2.75, 3.05) is 33.0 Å². The molecule has 0 aliphatic rings. The molecule has 4 nitrogen and oxygen atoms in total. The highest BCUT2D eigenvalue weighted by atomic mass is 16.5. The molecule has 80 valence electrons. The Labute approximate surface area is 89.9 Å². The molecule has 0 amide bonds. The van der Waals surface area contributed by atoms with Gasteiger partial charge in [-0.15, -0.1) is 0 Å². The lowest BCUT2D eigenvalue weighted by atomic mass is 10.2. The van der Waals surface area contributed by atoms with Crippen LogP contribution < -0.4 is 10.5 Å². The van der Waals surface area contributed by atoms with E-state index in [-0.39, 0.29) is 0 Å². The fraction of sp³-hybridized carbons (Fsp3) is 0.364. The Morgan fingerprint density at radius 3 is 2.73 bits per heavy atom. The third-order valence-corrected chi connectivity index (χ3v) is 1.93. The monoisotopic (exact) mass is 205 g/mol. The summed E-state index contributed by atoms with van der Waals surface area (Å²) in [6, 6.07) is 7.06. The molecule has 0 heterocycles. The molecule has 0 bridgehead atoms. The summed E-state index contributed by atoms with van der Waals surface area (Å²) in [7, 11) is 3.96. The van der Waals surface area contributed by atoms with Crippen molar-refractivity contribution in [1.82, 2.24) is 4.90 Å². The summed E-state index contributed by atoms with van der Waals surface area (Å²) in [5.74, 6) is 0.635. The molecule has 4 heteroatoms. The molecule has 2 N–H and O–H groups in total. The van der Waals surface area contributed by atoms with E-state index < -0.39 is 0 Å². The van der Waals surface area contributed by atoms with E-state index in [1.807, 2.05) is 25.1 Å². The molecule has 1 aromatic rings. The van der Waals surface area contributed by atoms with Crippen molar-refractivity contribution in [1.29, 1.82) is 5.26 Å². The van der Waals surface area contributed by atoms with Gasteiger partial charge in [0.05, 0.1) is 17.3 Å². The Hall–Kier alpha value is -1.73. The van der Waals surface area contributed by atoms with E-state index in [0.717, 1.165) is 6.54 Å². The van der Waals surface area contributed by atoms with E-state index in [9.17, 15) is 0 Å². The first kappa shape index (κ1) is 11.3. The van der Waals surface area contributed by atoms with Crippen LogP contribution in [0.2, 0.25) is 0 Å². The van der Waals surface area contributed by atoms with Gasteiger partial charge < -0.3 is 15.4 Å². The molecule has 0 saturated heterocycles. The zero-order valence-corrected chi connectivity index (χ0v) is 9.03. The van der Waals surface area contributed by atoms with Crippen LogP contribution in [-0.2, 0) is 0 Å². The minimum absolute atomic E-state index is 0.507. The Balaban J connectivity index is 2.59. The van der Waals surface area contributed by atoms with Crippen molar-refractivity contribution in [3.63, 3.8) is 0 Å². The minimum Gasteiger partial charge on any atom is -0.490 e. The van der Waals surface area contributed by atoms with E-state index >= 15 is 0 Å². The number of nitrogens with zero attached hydrogens (tertiary/aromatic N) is 2. The number of nitriles is 1. The van der Waals surface area contributed by atoms with Crippen molar-refractivity contribution < 1.29 is 4.74 Å². The van der Waals surface area contributed by atoms with Gasteiger partial charge in [-0.05, 0) is 32.3 Å². The van der Waals surface area contributed by atoms with Crippen LogP contribution in [0.5, 0.6) is 5.75 Å². The van der Waals surface area contributed by atoms with Crippen LogP contribution in [-0.4, -0.2) is 32.1 Å². The third-order valence-electron chi connectivity index (χ3n) is 1.93. The summed E-state index contributed by atoms with van der Waals surface area (Å²) in [5.41, 5.74) is 6.78. The average Bonchev–Trinajstić information content (AvgIpc) is 2.20. The molecule has 0 aliphatic carbocycles. The number of benzene rings is 1. The van der Waals surface area contributed by atoms with E-state index in [1.165, 1.54) is 0 Å². The lowest BCUT2D eigenvalue weighted by Crippen LogP contribution is -2.19. The van der Waals surface area contributed by atoms with Crippen molar-refractivity contribution in [2.24, 2.45) is 0 Å². The standard InChI is InChI=1S/C11H15N3O/c1-14(2)5-6-15-11-4-3-9(8-12)7-10(11)13/h3-4,7H,5-6,13H2,1-2H3. The highest BCUT2D eigenvalue weighted by molar-refractivity contribution is 5.56. The summed E-state index contributed by atoms with van der Waals surface area (Å²) in [6.45, 7) is 1.42. The summed E-state index contributed by atoms with van der Waals surface area (Å²) < 4.78 is 5.47. The summed E-state index contributed by atoms with van der Waals surface area (Å²) >= 11 is 0. The topological polar surface area (TPSA) is 62.3 Å². The average molecular weight is 205 g/mol. The molecule has 0 spiro atoms. The zero-order valence-electron chi connectivity index (χ0n) is 9.03. The Morgan fingerprint density at radius 1 is 1.47 bits per heavy atom. The number of hydrogen-bond acceptors (Lipinski definition) is 4. The van der Waals surface area contributed by atoms with Crippen LogP contribution in [0.1, 0.15) is 5.56 Å². The fourth-order valence-corrected chi connectivity index (χ4v) is 1.09. The molecule has 1 aromatic carbocycles. The van der Waals surface area contributed by atoms with Gasteiger partial charge in [-0.1, -0.05) is 0 Å². The number of rotatable bonds is 4. The molecular weight excluding hydrogens is 190 g/mol. The fourth-order valence-electron chi connectivity index (χ4n) is 1.09. The summed E-state index contributed by atoms with van der Waals surface area (Å²) in [6.07, 6.45) is 0. The number of nitrogen functional groups attached to an aromatic ring is 1. The van der Waals surface area contributed by atoms with Gasteiger partial charge in [-0.3, -0.25) is 0 Å². The van der Waals surface area contributed by atoms with E-state index in [4.69, 9.17) is 15.7 Å². The minimum atomic E-state index is 0.507. The van der Waals surface area contributed by atoms with Crippen LogP contribution in [0.3, 0.4) is 0 Å². The van der Waals surface area contributed by atoms with Crippen LogP contribution in [0.4, 0.5) is 5.69 Å². The van der Waals surface area contributed by atoms with Gasteiger partial charge in [0.1, 0.15) is 12.4 Å². The number of nitrogens with two attached hydrogens (primary N) is 1. The van der Waals surface area contributed by atoms with E-state index in [1.54, 1.807) is 18.2 Å². The van der Waals surface area contributed by atoms with Crippen LogP contribution in [0.25, 0.3) is 0 Å². The number of likely N-dealkylation sites (N-methyl/N-ethyl adjacent to an activating group) is 1. The molecule has 0 radical (unpaired) electrons. The maximum atomic E-state index is 8.65. The second kappa shape index (κ2) is 5.23. The lowest BCUT2D eigenvalue weighted by Gasteiger charge is -2.12. The van der Waals surface area contributed by atoms with Crippen LogP contribution in [0, 0.1) is 11.3 Å². The maximum absolute atomic E-state index is 8.65. The molecule has 1 rings (SSSR count). The van der Waals surface area contributed by atoms with Gasteiger partial charge in [0.15, 0.2) is 0 Å². The molecule has 0 aromatic heterocycles. The van der Waals surface area contributed by atoms with Gasteiger partial charge in [-0.2, -0.15) is 5.26 Å². The van der Waals surface area contributed by atoms with E-state index in [0.29, 0.717) is 23.6 Å². The Kier molecular flexibility index (Phi) is 3.95. The van der Waals surface area contributed by atoms with Gasteiger partial charge in [0, 0.05) is 6.54 Å². The largest absolute Gasteiger partial charge is 0.490 e. The van der Waals surface area contributed by atoms with Crippen LogP contribution >= 0.6 is 0 Å². The predicted octanol–water partition coefficient (Wildman–Crippen LogP) is 1.08. The predicted molar refractivity (Wildman–Crippen MR) is 59.6 cm³/mol. The summed E-state index contributed by atoms with van der Waals surface area (Å²) in [5, 5.41) is 8.65. The van der Waals surface area contributed by atoms with Gasteiger partial charge in [0.2, 0.25) is 0 Å². The second-order valence-corrected chi connectivity index (χ2v) is 3.52. The van der Waals surface area contributed by atoms with Crippen molar-refractivity contribution in [2.45, 2.75) is 0 Å². The molecule has 0 fully saturated rings. The second-order valence-electron chi connectivity index (χ2n) is 3.52. The number of hydrogen-bond donors (Lipinski definition) is 1. The van der Waals surface area contributed by atoms with Gasteiger partial charge in [-0.25, -0.2) is 0 Å². The third kappa shape index (κ3) is 3.49. The van der Waals surface area contributed by atoms with E-state index in [2.05, 4.69) is 0 Å². The first-order valence-electron chi connectivity index (χ1n) is 4.70. The highest BCUT2D eigenvalue weighted by Crippen LogP contribution is 2.21. The van der Waals surface area contributed by atoms with Crippen LogP contribution in [0.15, 0.2) is 18.2 Å². The van der Waals surface area contributed by atoms with Gasteiger partial charge >= 0.3 is 0 Å². The molecule has 0 saturated carbocycles. The smallest absolute Gasteiger partial charge is 0.142 e. The maximum Gasteiger partial charge on any atom is 0.142 e. The van der Waals surface area contributed by atoms with Gasteiger partial charge in [0.25, 0.3) is 0 Å². The Morgan fingerprint density at radius 2 is 2.20 bits per heavy atom. The normalized spacial score (nSPS) is 10.0. The highest BCUT2D eigenvalue weighted by Gasteiger charge is 2.01. The number of ether oxygens (including phenoxy) is 1. The molecule has 0 unspecified atom stereocenters. The molecular formula is C11H15N3O.